The number of carbonyl (C=O) groups is 2. The molecular formula is C17H32N2O8. The van der Waals surface area contributed by atoms with Gasteiger partial charge in [0.05, 0.1) is 19.3 Å². The highest BCUT2D eigenvalue weighted by Crippen LogP contribution is 2.25. The zero-order valence-electron chi connectivity index (χ0n) is 16.1. The maximum atomic E-state index is 12.7. The van der Waals surface area contributed by atoms with Crippen molar-refractivity contribution in [2.45, 2.75) is 70.2 Å². The second-order valence-electron chi connectivity index (χ2n) is 7.44. The lowest BCUT2D eigenvalue weighted by Gasteiger charge is -2.46. The maximum Gasteiger partial charge on any atom is 0.326 e. The van der Waals surface area contributed by atoms with Crippen molar-refractivity contribution in [3.8, 4) is 0 Å². The van der Waals surface area contributed by atoms with E-state index in [4.69, 9.17) is 4.74 Å². The van der Waals surface area contributed by atoms with Crippen LogP contribution < -0.4 is 10.6 Å². The zero-order chi connectivity index (χ0) is 20.9. The van der Waals surface area contributed by atoms with Crippen LogP contribution in [0.15, 0.2) is 0 Å². The summed E-state index contributed by atoms with van der Waals surface area (Å²) in [4.78, 5) is 24.2. The maximum absolute atomic E-state index is 12.7. The average molecular weight is 392 g/mol. The van der Waals surface area contributed by atoms with E-state index in [9.17, 15) is 35.1 Å². The van der Waals surface area contributed by atoms with Gasteiger partial charge in [0.25, 0.3) is 0 Å². The third-order valence-electron chi connectivity index (χ3n) is 5.07. The molecule has 158 valence electrons. The normalized spacial score (nSPS) is 32.0. The standard InChI is InChI=1S/C17H32N2O8/c1-5-9(4)12(16(25)26)18-15(24)11(8(2)3)19-17(7-20)14(23)13(22)10(21)6-27-17/h8-14,19-23H,5-7H2,1-4H3,(H,18,24)(H,25,26)/t9?,10-,11?,12?,13-,14+,17-/m1/s1. The van der Waals surface area contributed by atoms with E-state index in [1.807, 2.05) is 6.92 Å². The summed E-state index contributed by atoms with van der Waals surface area (Å²) in [6.45, 7) is 5.77. The molecule has 1 amide bonds. The number of aliphatic hydroxyl groups excluding tert-OH is 4. The van der Waals surface area contributed by atoms with E-state index in [-0.39, 0.29) is 18.4 Å². The van der Waals surface area contributed by atoms with Crippen LogP contribution >= 0.6 is 0 Å². The van der Waals surface area contributed by atoms with Gasteiger partial charge in [-0.2, -0.15) is 0 Å². The van der Waals surface area contributed by atoms with Gasteiger partial charge in [-0.05, 0) is 11.8 Å². The number of aliphatic hydroxyl groups is 4. The molecule has 0 spiro atoms. The molecule has 0 radical (unpaired) electrons. The number of rotatable bonds is 9. The molecule has 0 aromatic heterocycles. The predicted molar refractivity (Wildman–Crippen MR) is 94.6 cm³/mol. The highest BCUT2D eigenvalue weighted by molar-refractivity contribution is 5.87. The number of ether oxygens (including phenoxy) is 1. The number of carboxylic acid groups (broad SMARTS) is 1. The Kier molecular flexibility index (Phi) is 8.58. The molecule has 1 rings (SSSR count). The lowest BCUT2D eigenvalue weighted by atomic mass is 9.91. The van der Waals surface area contributed by atoms with Crippen molar-refractivity contribution in [3.63, 3.8) is 0 Å². The fourth-order valence-electron chi connectivity index (χ4n) is 2.94. The van der Waals surface area contributed by atoms with Crippen LogP contribution in [0.1, 0.15) is 34.1 Å². The lowest BCUT2D eigenvalue weighted by Crippen LogP contribution is -2.72. The summed E-state index contributed by atoms with van der Waals surface area (Å²) in [5.74, 6) is -2.47. The Morgan fingerprint density at radius 2 is 1.78 bits per heavy atom. The van der Waals surface area contributed by atoms with E-state index in [1.54, 1.807) is 20.8 Å². The second-order valence-corrected chi connectivity index (χ2v) is 7.44. The van der Waals surface area contributed by atoms with E-state index >= 15 is 0 Å². The van der Waals surface area contributed by atoms with Crippen molar-refractivity contribution in [1.29, 1.82) is 0 Å². The largest absolute Gasteiger partial charge is 0.480 e. The van der Waals surface area contributed by atoms with Gasteiger partial charge in [-0.3, -0.25) is 10.1 Å². The summed E-state index contributed by atoms with van der Waals surface area (Å²) in [6.07, 6.45) is -4.08. The van der Waals surface area contributed by atoms with E-state index in [0.717, 1.165) is 0 Å². The molecule has 7 atom stereocenters. The molecule has 0 aromatic carbocycles. The Labute approximate surface area is 158 Å². The monoisotopic (exact) mass is 392 g/mol. The molecule has 0 saturated carbocycles. The average Bonchev–Trinajstić information content (AvgIpc) is 2.62. The van der Waals surface area contributed by atoms with Gasteiger partial charge in [-0.15, -0.1) is 0 Å². The van der Waals surface area contributed by atoms with Gasteiger partial charge in [0, 0.05) is 0 Å². The molecular weight excluding hydrogens is 360 g/mol. The Morgan fingerprint density at radius 1 is 1.19 bits per heavy atom. The molecule has 27 heavy (non-hydrogen) atoms. The Bertz CT molecular complexity index is 517. The predicted octanol–water partition coefficient (Wildman–Crippen LogP) is -1.98. The number of hydrogen-bond donors (Lipinski definition) is 7. The van der Waals surface area contributed by atoms with E-state index in [2.05, 4.69) is 10.6 Å². The molecule has 1 aliphatic rings. The molecule has 7 N–H and O–H groups in total. The third-order valence-corrected chi connectivity index (χ3v) is 5.07. The van der Waals surface area contributed by atoms with Gasteiger partial charge >= 0.3 is 5.97 Å². The van der Waals surface area contributed by atoms with Crippen LogP contribution in [0.5, 0.6) is 0 Å². The number of nitrogens with one attached hydrogen (secondary N) is 2. The summed E-state index contributed by atoms with van der Waals surface area (Å²) >= 11 is 0. The van der Waals surface area contributed by atoms with Crippen LogP contribution in [0.25, 0.3) is 0 Å². The zero-order valence-corrected chi connectivity index (χ0v) is 16.1. The van der Waals surface area contributed by atoms with Crippen LogP contribution in [0.2, 0.25) is 0 Å². The van der Waals surface area contributed by atoms with Crippen LogP contribution in [0.4, 0.5) is 0 Å². The first kappa shape index (κ1) is 23.7. The minimum Gasteiger partial charge on any atom is -0.480 e. The highest BCUT2D eigenvalue weighted by Gasteiger charge is 2.51. The summed E-state index contributed by atoms with van der Waals surface area (Å²) in [7, 11) is 0. The molecule has 0 aromatic rings. The Morgan fingerprint density at radius 3 is 2.22 bits per heavy atom. The highest BCUT2D eigenvalue weighted by atomic mass is 16.6. The van der Waals surface area contributed by atoms with Crippen LogP contribution in [-0.4, -0.2) is 86.7 Å². The van der Waals surface area contributed by atoms with Crippen molar-refractivity contribution >= 4 is 11.9 Å². The molecule has 1 saturated heterocycles. The number of carbonyl (C=O) groups excluding carboxylic acids is 1. The Hall–Kier alpha value is -1.30. The summed E-state index contributed by atoms with van der Waals surface area (Å²) in [5.41, 5.74) is -1.87. The van der Waals surface area contributed by atoms with Gasteiger partial charge in [-0.25, -0.2) is 4.79 Å². The van der Waals surface area contributed by atoms with Gasteiger partial charge < -0.3 is 35.6 Å². The quantitative estimate of drug-likeness (QED) is 0.235. The topological polar surface area (TPSA) is 169 Å². The van der Waals surface area contributed by atoms with Crippen LogP contribution in [0, 0.1) is 11.8 Å². The van der Waals surface area contributed by atoms with Gasteiger partial charge in [0.1, 0.15) is 24.4 Å². The number of amides is 1. The van der Waals surface area contributed by atoms with Crippen molar-refractivity contribution in [2.24, 2.45) is 11.8 Å². The summed E-state index contributed by atoms with van der Waals surface area (Å²) in [6, 6.07) is -2.12. The number of carboxylic acids is 1. The molecule has 0 aliphatic carbocycles. The van der Waals surface area contributed by atoms with E-state index in [1.165, 1.54) is 0 Å². The van der Waals surface area contributed by atoms with Gasteiger partial charge in [0.2, 0.25) is 5.91 Å². The van der Waals surface area contributed by atoms with E-state index < -0.39 is 54.6 Å². The van der Waals surface area contributed by atoms with Crippen LogP contribution in [-0.2, 0) is 14.3 Å². The first-order valence-corrected chi connectivity index (χ1v) is 9.10. The first-order chi connectivity index (χ1) is 12.5. The minimum absolute atomic E-state index is 0.306. The first-order valence-electron chi connectivity index (χ1n) is 9.10. The van der Waals surface area contributed by atoms with Crippen molar-refractivity contribution in [2.75, 3.05) is 13.2 Å². The lowest BCUT2D eigenvalue weighted by molar-refractivity contribution is -0.261. The molecule has 10 heteroatoms. The Balaban J connectivity index is 3.03. The van der Waals surface area contributed by atoms with Gasteiger partial charge in [-0.1, -0.05) is 34.1 Å². The molecule has 10 nitrogen and oxygen atoms in total. The fraction of sp³-hybridized carbons (Fsp3) is 0.882. The molecule has 1 fully saturated rings. The molecule has 0 bridgehead atoms. The minimum atomic E-state index is -1.87. The summed E-state index contributed by atoms with van der Waals surface area (Å²) in [5, 5.41) is 54.1. The smallest absolute Gasteiger partial charge is 0.326 e. The van der Waals surface area contributed by atoms with Crippen molar-refractivity contribution < 1.29 is 39.9 Å². The molecule has 1 heterocycles. The second kappa shape index (κ2) is 9.76. The van der Waals surface area contributed by atoms with E-state index in [0.29, 0.717) is 6.42 Å². The fourth-order valence-corrected chi connectivity index (χ4v) is 2.94. The van der Waals surface area contributed by atoms with Crippen LogP contribution in [0.3, 0.4) is 0 Å². The van der Waals surface area contributed by atoms with Crippen molar-refractivity contribution in [1.82, 2.24) is 10.6 Å². The van der Waals surface area contributed by atoms with Crippen molar-refractivity contribution in [3.05, 3.63) is 0 Å². The molecule has 3 unspecified atom stereocenters. The molecule has 1 aliphatic heterocycles. The van der Waals surface area contributed by atoms with Gasteiger partial charge in [0.15, 0.2) is 5.72 Å². The number of aliphatic carboxylic acids is 1. The number of hydrogen-bond acceptors (Lipinski definition) is 8. The summed E-state index contributed by atoms with van der Waals surface area (Å²) < 4.78 is 5.34. The SMILES string of the molecule is CCC(C)C(NC(=O)C(N[C@]1(CO)OC[C@@H](O)[C@@H](O)[C@@H]1O)C(C)C)C(=O)O. The third kappa shape index (κ3) is 5.37.